The van der Waals surface area contributed by atoms with E-state index in [1.807, 2.05) is 24.3 Å². The molecule has 2 bridgehead atoms. The molecule has 0 aromatic heterocycles. The number of aliphatic carboxylic acids is 1. The second kappa shape index (κ2) is 7.27. The molecular formula is C24H23NO5. The first-order valence-corrected chi connectivity index (χ1v) is 10.4. The molecule has 2 heterocycles. The summed E-state index contributed by atoms with van der Waals surface area (Å²) in [5.41, 5.74) is 4.62. The van der Waals surface area contributed by atoms with Gasteiger partial charge in [0.15, 0.2) is 0 Å². The molecule has 3 aliphatic rings. The van der Waals surface area contributed by atoms with Crippen molar-refractivity contribution >= 4 is 17.8 Å². The maximum absolute atomic E-state index is 13.0. The van der Waals surface area contributed by atoms with Gasteiger partial charge in [-0.1, -0.05) is 48.5 Å². The predicted molar refractivity (Wildman–Crippen MR) is 109 cm³/mol. The predicted octanol–water partition coefficient (Wildman–Crippen LogP) is 3.83. The van der Waals surface area contributed by atoms with E-state index in [-0.39, 0.29) is 43.2 Å². The molecule has 0 spiro atoms. The highest BCUT2D eigenvalue weighted by molar-refractivity contribution is 5.84. The van der Waals surface area contributed by atoms with Gasteiger partial charge in [0.05, 0.1) is 5.92 Å². The summed E-state index contributed by atoms with van der Waals surface area (Å²) in [7, 11) is 0. The quantitative estimate of drug-likeness (QED) is 0.839. The minimum Gasteiger partial charge on any atom is -0.481 e. The van der Waals surface area contributed by atoms with Crippen LogP contribution in [0.15, 0.2) is 48.5 Å². The SMILES string of the molecule is O=C1C[C@@H]2CC(C(=O)O)C[C@H](C1)N2C(=O)OCC1c2ccccc2-c2ccccc21. The van der Waals surface area contributed by atoms with Crippen molar-refractivity contribution in [1.82, 2.24) is 4.90 Å². The minimum atomic E-state index is -0.855. The number of ketones is 1. The van der Waals surface area contributed by atoms with E-state index >= 15 is 0 Å². The minimum absolute atomic E-state index is 0.0284. The largest absolute Gasteiger partial charge is 0.481 e. The highest BCUT2D eigenvalue weighted by Crippen LogP contribution is 2.45. The Labute approximate surface area is 174 Å². The Morgan fingerprint density at radius 1 is 0.933 bits per heavy atom. The fourth-order valence-corrected chi connectivity index (χ4v) is 5.42. The van der Waals surface area contributed by atoms with E-state index in [0.717, 1.165) is 11.1 Å². The van der Waals surface area contributed by atoms with Gasteiger partial charge >= 0.3 is 12.1 Å². The number of hydrogen-bond acceptors (Lipinski definition) is 4. The molecule has 1 N–H and O–H groups in total. The number of benzene rings is 2. The van der Waals surface area contributed by atoms with Gasteiger partial charge in [-0.25, -0.2) is 4.79 Å². The van der Waals surface area contributed by atoms with Gasteiger partial charge in [0.2, 0.25) is 0 Å². The topological polar surface area (TPSA) is 83.9 Å². The third-order valence-corrected chi connectivity index (χ3v) is 6.72. The zero-order chi connectivity index (χ0) is 20.8. The first kappa shape index (κ1) is 18.9. The van der Waals surface area contributed by atoms with Crippen LogP contribution in [0.2, 0.25) is 0 Å². The molecule has 0 saturated carbocycles. The fraction of sp³-hybridized carbons (Fsp3) is 0.375. The van der Waals surface area contributed by atoms with Crippen LogP contribution >= 0.6 is 0 Å². The van der Waals surface area contributed by atoms with Gasteiger partial charge in [0.1, 0.15) is 12.4 Å². The van der Waals surface area contributed by atoms with Crippen molar-refractivity contribution in [2.24, 2.45) is 5.92 Å². The highest BCUT2D eigenvalue weighted by Gasteiger charge is 2.46. The number of ether oxygens (including phenoxy) is 1. The number of carbonyl (C=O) groups excluding carboxylic acids is 2. The summed E-state index contributed by atoms with van der Waals surface area (Å²) in [5, 5.41) is 9.40. The third kappa shape index (κ3) is 3.07. The maximum atomic E-state index is 13.0. The molecule has 2 saturated heterocycles. The number of rotatable bonds is 3. The number of nitrogens with zero attached hydrogens (tertiary/aromatic N) is 1. The monoisotopic (exact) mass is 405 g/mol. The van der Waals surface area contributed by atoms with Gasteiger partial charge in [0, 0.05) is 30.8 Å². The van der Waals surface area contributed by atoms with Crippen LogP contribution in [0.5, 0.6) is 0 Å². The van der Waals surface area contributed by atoms with Crippen molar-refractivity contribution in [1.29, 1.82) is 0 Å². The second-order valence-corrected chi connectivity index (χ2v) is 8.47. The van der Waals surface area contributed by atoms with Crippen LogP contribution in [0.25, 0.3) is 11.1 Å². The molecule has 1 unspecified atom stereocenters. The zero-order valence-corrected chi connectivity index (χ0v) is 16.5. The van der Waals surface area contributed by atoms with Crippen molar-refractivity contribution in [3.63, 3.8) is 0 Å². The Morgan fingerprint density at radius 2 is 1.47 bits per heavy atom. The van der Waals surface area contributed by atoms with E-state index in [1.54, 1.807) is 4.90 Å². The van der Waals surface area contributed by atoms with E-state index in [9.17, 15) is 19.5 Å². The molecule has 6 heteroatoms. The summed E-state index contributed by atoms with van der Waals surface area (Å²) >= 11 is 0. The van der Waals surface area contributed by atoms with Gasteiger partial charge < -0.3 is 14.7 Å². The lowest BCUT2D eigenvalue weighted by molar-refractivity contribution is -0.147. The van der Waals surface area contributed by atoms with Crippen LogP contribution in [0.3, 0.4) is 0 Å². The van der Waals surface area contributed by atoms with Crippen LogP contribution in [-0.2, 0) is 14.3 Å². The lowest BCUT2D eigenvalue weighted by Gasteiger charge is -2.46. The molecule has 1 amide bonds. The van der Waals surface area contributed by atoms with Crippen LogP contribution in [0.1, 0.15) is 42.7 Å². The average Bonchev–Trinajstić information content (AvgIpc) is 3.04. The number of carboxylic acids is 1. The number of amides is 1. The normalized spacial score (nSPS) is 24.9. The van der Waals surface area contributed by atoms with E-state index in [0.29, 0.717) is 12.8 Å². The van der Waals surface area contributed by atoms with Crippen LogP contribution in [-0.4, -0.2) is 46.5 Å². The van der Waals surface area contributed by atoms with Crippen molar-refractivity contribution in [2.75, 3.05) is 6.61 Å². The first-order valence-electron chi connectivity index (χ1n) is 10.4. The summed E-state index contributed by atoms with van der Waals surface area (Å²) in [6.07, 6.45) is 0.599. The second-order valence-electron chi connectivity index (χ2n) is 8.47. The molecule has 6 nitrogen and oxygen atoms in total. The number of fused-ring (bicyclic) bond motifs is 5. The zero-order valence-electron chi connectivity index (χ0n) is 16.5. The van der Waals surface area contributed by atoms with Gasteiger partial charge in [-0.15, -0.1) is 0 Å². The lowest BCUT2D eigenvalue weighted by atomic mass is 9.78. The summed E-state index contributed by atoms with van der Waals surface area (Å²) in [6, 6.07) is 15.5. The smallest absolute Gasteiger partial charge is 0.410 e. The van der Waals surface area contributed by atoms with Gasteiger partial charge in [-0.2, -0.15) is 0 Å². The average molecular weight is 405 g/mol. The number of piperidine rings is 2. The number of carboxylic acid groups (broad SMARTS) is 1. The third-order valence-electron chi connectivity index (χ3n) is 6.72. The lowest BCUT2D eigenvalue weighted by Crippen LogP contribution is -2.57. The van der Waals surface area contributed by atoms with Gasteiger partial charge in [-0.05, 0) is 35.1 Å². The Kier molecular flexibility index (Phi) is 4.57. The van der Waals surface area contributed by atoms with Gasteiger partial charge in [-0.3, -0.25) is 9.59 Å². The standard InChI is InChI=1S/C24H23NO5/c26-17-11-15-9-14(23(27)28)10-16(12-17)25(15)24(29)30-13-22-20-7-3-1-5-18(20)19-6-2-4-8-21(19)22/h1-8,14-16,22H,9-13H2,(H,27,28)/t14?,15-,16+. The summed E-state index contributed by atoms with van der Waals surface area (Å²) in [5.74, 6) is -1.30. The van der Waals surface area contributed by atoms with Crippen molar-refractivity contribution in [3.05, 3.63) is 59.7 Å². The molecule has 154 valence electrons. The molecule has 2 aromatic rings. The van der Waals surface area contributed by atoms with E-state index in [2.05, 4.69) is 24.3 Å². The van der Waals surface area contributed by atoms with Crippen LogP contribution in [0, 0.1) is 5.92 Å². The number of hydrogen-bond donors (Lipinski definition) is 1. The number of Topliss-reactive ketones (excluding diaryl/α,β-unsaturated/α-hetero) is 1. The van der Waals surface area contributed by atoms with E-state index in [1.165, 1.54) is 11.1 Å². The van der Waals surface area contributed by atoms with Crippen LogP contribution < -0.4 is 0 Å². The molecule has 2 aliphatic heterocycles. The van der Waals surface area contributed by atoms with Gasteiger partial charge in [0.25, 0.3) is 0 Å². The Hall–Kier alpha value is -3.15. The van der Waals surface area contributed by atoms with E-state index in [4.69, 9.17) is 4.74 Å². The Morgan fingerprint density at radius 3 is 2.00 bits per heavy atom. The molecule has 30 heavy (non-hydrogen) atoms. The molecule has 2 fully saturated rings. The molecule has 2 aromatic carbocycles. The number of carbonyl (C=O) groups is 3. The first-order chi connectivity index (χ1) is 14.5. The molecule has 3 atom stereocenters. The summed E-state index contributed by atoms with van der Waals surface area (Å²) in [4.78, 5) is 38.1. The Bertz CT molecular complexity index is 968. The highest BCUT2D eigenvalue weighted by atomic mass is 16.6. The van der Waals surface area contributed by atoms with Crippen molar-refractivity contribution in [3.8, 4) is 11.1 Å². The maximum Gasteiger partial charge on any atom is 0.410 e. The summed E-state index contributed by atoms with van der Waals surface area (Å²) < 4.78 is 5.77. The summed E-state index contributed by atoms with van der Waals surface area (Å²) in [6.45, 7) is 0.221. The Balaban J connectivity index is 1.34. The molecule has 5 rings (SSSR count). The fourth-order valence-electron chi connectivity index (χ4n) is 5.42. The van der Waals surface area contributed by atoms with Crippen LogP contribution in [0.4, 0.5) is 4.79 Å². The van der Waals surface area contributed by atoms with Crippen molar-refractivity contribution in [2.45, 2.75) is 43.7 Å². The molecule has 1 aliphatic carbocycles. The van der Waals surface area contributed by atoms with Crippen molar-refractivity contribution < 1.29 is 24.2 Å². The molecular weight excluding hydrogens is 382 g/mol. The molecule has 0 radical (unpaired) electrons. The van der Waals surface area contributed by atoms with E-state index < -0.39 is 18.0 Å².